The molecule has 1 aliphatic rings. The maximum atomic E-state index is 9.35. The largest absolute Gasteiger partial charge is 0.508 e. The van der Waals surface area contributed by atoms with Crippen LogP contribution in [0.15, 0.2) is 18.2 Å². The first kappa shape index (κ1) is 9.53. The van der Waals surface area contributed by atoms with Crippen molar-refractivity contribution in [3.05, 3.63) is 29.3 Å². The Balaban J connectivity index is 2.26. The van der Waals surface area contributed by atoms with Crippen LogP contribution >= 0.6 is 0 Å². The molecule has 0 aliphatic heterocycles. The molecule has 1 aromatic carbocycles. The van der Waals surface area contributed by atoms with Crippen LogP contribution in [0.1, 0.15) is 25.0 Å². The molecule has 0 saturated heterocycles. The van der Waals surface area contributed by atoms with Gasteiger partial charge in [0.15, 0.2) is 0 Å². The summed E-state index contributed by atoms with van der Waals surface area (Å²) in [5, 5.41) is 9.35. The average molecular weight is 191 g/mol. The van der Waals surface area contributed by atoms with E-state index in [-0.39, 0.29) is 5.54 Å². The Hall–Kier alpha value is -1.02. The fourth-order valence-electron chi connectivity index (χ4n) is 2.13. The van der Waals surface area contributed by atoms with Gasteiger partial charge in [0.25, 0.3) is 0 Å². The molecule has 0 saturated carbocycles. The second-order valence-corrected chi connectivity index (χ2v) is 4.88. The predicted octanol–water partition coefficient (Wildman–Crippen LogP) is 1.84. The standard InChI is InChI=1S/C12H17NO/c1-12(2,13)10-5-8-3-4-11(14)7-9(8)6-10/h3-4,7,10,14H,5-6,13H2,1-2H3. The first-order chi connectivity index (χ1) is 6.47. The van der Waals surface area contributed by atoms with Crippen molar-refractivity contribution in [1.82, 2.24) is 0 Å². The van der Waals surface area contributed by atoms with E-state index in [0.29, 0.717) is 11.7 Å². The van der Waals surface area contributed by atoms with Gasteiger partial charge >= 0.3 is 0 Å². The summed E-state index contributed by atoms with van der Waals surface area (Å²) in [6, 6.07) is 5.63. The predicted molar refractivity (Wildman–Crippen MR) is 57.3 cm³/mol. The Labute approximate surface area is 84.7 Å². The third kappa shape index (κ3) is 1.62. The number of fused-ring (bicyclic) bond motifs is 1. The van der Waals surface area contributed by atoms with E-state index < -0.39 is 0 Å². The molecule has 76 valence electrons. The molecule has 2 nitrogen and oxygen atoms in total. The number of nitrogens with two attached hydrogens (primary N) is 1. The van der Waals surface area contributed by atoms with Crippen LogP contribution in [0.5, 0.6) is 5.75 Å². The molecule has 1 atom stereocenters. The van der Waals surface area contributed by atoms with Gasteiger partial charge in [0.1, 0.15) is 5.75 Å². The van der Waals surface area contributed by atoms with Crippen LogP contribution in [0.25, 0.3) is 0 Å². The van der Waals surface area contributed by atoms with Crippen molar-refractivity contribution in [2.45, 2.75) is 32.2 Å². The molecule has 1 unspecified atom stereocenters. The summed E-state index contributed by atoms with van der Waals surface area (Å²) in [7, 11) is 0. The van der Waals surface area contributed by atoms with Crippen LogP contribution in [0.3, 0.4) is 0 Å². The molecule has 0 radical (unpaired) electrons. The first-order valence-electron chi connectivity index (χ1n) is 5.06. The highest BCUT2D eigenvalue weighted by molar-refractivity contribution is 5.39. The molecule has 3 N–H and O–H groups in total. The molecule has 0 spiro atoms. The van der Waals surface area contributed by atoms with Gasteiger partial charge in [0.05, 0.1) is 0 Å². The molecule has 1 aromatic rings. The first-order valence-corrected chi connectivity index (χ1v) is 5.06. The summed E-state index contributed by atoms with van der Waals surface area (Å²) >= 11 is 0. The smallest absolute Gasteiger partial charge is 0.115 e. The van der Waals surface area contributed by atoms with Crippen LogP contribution < -0.4 is 5.73 Å². The molecule has 1 aliphatic carbocycles. The van der Waals surface area contributed by atoms with Crippen LogP contribution in [0.2, 0.25) is 0 Å². The highest BCUT2D eigenvalue weighted by Crippen LogP contribution is 2.33. The zero-order valence-corrected chi connectivity index (χ0v) is 8.75. The van der Waals surface area contributed by atoms with Gasteiger partial charge in [-0.15, -0.1) is 0 Å². The zero-order chi connectivity index (χ0) is 10.3. The molecular weight excluding hydrogens is 174 g/mol. The lowest BCUT2D eigenvalue weighted by Crippen LogP contribution is -2.41. The molecule has 0 bridgehead atoms. The molecule has 0 heterocycles. The van der Waals surface area contributed by atoms with Gasteiger partial charge in [-0.05, 0) is 55.9 Å². The monoisotopic (exact) mass is 191 g/mol. The molecule has 2 heteroatoms. The van der Waals surface area contributed by atoms with Crippen molar-refractivity contribution in [1.29, 1.82) is 0 Å². The van der Waals surface area contributed by atoms with Gasteiger partial charge in [0.2, 0.25) is 0 Å². The van der Waals surface area contributed by atoms with Crippen LogP contribution in [0.4, 0.5) is 0 Å². The van der Waals surface area contributed by atoms with Crippen LogP contribution in [0, 0.1) is 5.92 Å². The second-order valence-electron chi connectivity index (χ2n) is 4.88. The lowest BCUT2D eigenvalue weighted by Gasteiger charge is -2.26. The van der Waals surface area contributed by atoms with E-state index in [9.17, 15) is 5.11 Å². The maximum Gasteiger partial charge on any atom is 0.115 e. The summed E-state index contributed by atoms with van der Waals surface area (Å²) in [6.45, 7) is 4.15. The summed E-state index contributed by atoms with van der Waals surface area (Å²) < 4.78 is 0. The average Bonchev–Trinajstić information content (AvgIpc) is 2.45. The van der Waals surface area contributed by atoms with Crippen molar-refractivity contribution in [3.8, 4) is 5.75 Å². The van der Waals surface area contributed by atoms with Crippen molar-refractivity contribution in [2.75, 3.05) is 0 Å². The minimum atomic E-state index is -0.130. The van der Waals surface area contributed by atoms with E-state index >= 15 is 0 Å². The van der Waals surface area contributed by atoms with Crippen molar-refractivity contribution in [3.63, 3.8) is 0 Å². The number of benzene rings is 1. The second kappa shape index (κ2) is 2.99. The Morgan fingerprint density at radius 3 is 2.57 bits per heavy atom. The van der Waals surface area contributed by atoms with Gasteiger partial charge < -0.3 is 10.8 Å². The van der Waals surface area contributed by atoms with E-state index in [1.807, 2.05) is 12.1 Å². The van der Waals surface area contributed by atoms with E-state index in [4.69, 9.17) is 5.73 Å². The van der Waals surface area contributed by atoms with E-state index in [2.05, 4.69) is 13.8 Å². The fraction of sp³-hybridized carbons (Fsp3) is 0.500. The zero-order valence-electron chi connectivity index (χ0n) is 8.75. The van der Waals surface area contributed by atoms with E-state index in [1.54, 1.807) is 6.07 Å². The van der Waals surface area contributed by atoms with Crippen LogP contribution in [-0.4, -0.2) is 10.6 Å². The Bertz CT molecular complexity index is 352. The minimum Gasteiger partial charge on any atom is -0.508 e. The van der Waals surface area contributed by atoms with Gasteiger partial charge in [-0.3, -0.25) is 0 Å². The van der Waals surface area contributed by atoms with Gasteiger partial charge in [-0.2, -0.15) is 0 Å². The number of hydrogen-bond donors (Lipinski definition) is 2. The van der Waals surface area contributed by atoms with Crippen molar-refractivity contribution in [2.24, 2.45) is 11.7 Å². The number of phenolic OH excluding ortho intramolecular Hbond substituents is 1. The van der Waals surface area contributed by atoms with Crippen molar-refractivity contribution >= 4 is 0 Å². The number of phenols is 1. The summed E-state index contributed by atoms with van der Waals surface area (Å²) in [5.41, 5.74) is 8.56. The lowest BCUT2D eigenvalue weighted by atomic mass is 9.86. The maximum absolute atomic E-state index is 9.35. The number of hydrogen-bond acceptors (Lipinski definition) is 2. The lowest BCUT2D eigenvalue weighted by molar-refractivity contribution is 0.333. The topological polar surface area (TPSA) is 46.2 Å². The number of aromatic hydroxyl groups is 1. The Morgan fingerprint density at radius 1 is 1.29 bits per heavy atom. The molecule has 0 amide bonds. The molecule has 2 rings (SSSR count). The summed E-state index contributed by atoms with van der Waals surface area (Å²) in [6.07, 6.45) is 2.03. The van der Waals surface area contributed by atoms with Crippen molar-refractivity contribution < 1.29 is 5.11 Å². The quantitative estimate of drug-likeness (QED) is 0.711. The molecule has 14 heavy (non-hydrogen) atoms. The fourth-order valence-corrected chi connectivity index (χ4v) is 2.13. The third-order valence-electron chi connectivity index (χ3n) is 3.17. The normalized spacial score (nSPS) is 20.9. The van der Waals surface area contributed by atoms with Gasteiger partial charge in [-0.1, -0.05) is 6.07 Å². The summed E-state index contributed by atoms with van der Waals surface area (Å²) in [4.78, 5) is 0. The van der Waals surface area contributed by atoms with Gasteiger partial charge in [-0.25, -0.2) is 0 Å². The van der Waals surface area contributed by atoms with E-state index in [0.717, 1.165) is 12.8 Å². The van der Waals surface area contributed by atoms with Crippen LogP contribution in [-0.2, 0) is 12.8 Å². The minimum absolute atomic E-state index is 0.130. The third-order valence-corrected chi connectivity index (χ3v) is 3.17. The SMILES string of the molecule is CC(C)(N)C1Cc2ccc(O)cc2C1. The molecular formula is C12H17NO. The van der Waals surface area contributed by atoms with E-state index in [1.165, 1.54) is 11.1 Å². The summed E-state index contributed by atoms with van der Waals surface area (Å²) in [5.74, 6) is 0.860. The molecule has 0 aromatic heterocycles. The molecule has 0 fully saturated rings. The highest BCUT2D eigenvalue weighted by atomic mass is 16.3. The Morgan fingerprint density at radius 2 is 1.93 bits per heavy atom. The Kier molecular flexibility index (Phi) is 2.04. The van der Waals surface area contributed by atoms with Gasteiger partial charge in [0, 0.05) is 5.54 Å². The highest BCUT2D eigenvalue weighted by Gasteiger charge is 2.31. The number of rotatable bonds is 1.